The van der Waals surface area contributed by atoms with Gasteiger partial charge in [-0.2, -0.15) is 0 Å². The summed E-state index contributed by atoms with van der Waals surface area (Å²) in [6.45, 7) is 2.29. The van der Waals surface area contributed by atoms with Gasteiger partial charge in [-0.25, -0.2) is 13.8 Å². The van der Waals surface area contributed by atoms with Crippen molar-refractivity contribution in [2.24, 2.45) is 12.8 Å². The van der Waals surface area contributed by atoms with Gasteiger partial charge in [0, 0.05) is 19.2 Å². The second-order valence-corrected chi connectivity index (χ2v) is 4.25. The highest BCUT2D eigenvalue weighted by Gasteiger charge is 2.11. The molecule has 2 N–H and O–H groups in total. The quantitative estimate of drug-likeness (QED) is 0.907. The Morgan fingerprint density at radius 3 is 2.56 bits per heavy atom. The highest BCUT2D eigenvalue weighted by Crippen LogP contribution is 2.16. The van der Waals surface area contributed by atoms with E-state index in [-0.39, 0.29) is 0 Å². The normalized spacial score (nSPS) is 10.9. The molecule has 0 spiro atoms. The molecule has 1 aromatic heterocycles. The standard InChI is InChI=1S/C13H15F2N3/c1-8-12(17-13(7-16)18(8)2)6-9-3-4-10(14)11(15)5-9/h3-5H,6-7,16H2,1-2H3. The lowest BCUT2D eigenvalue weighted by atomic mass is 10.1. The molecular weight excluding hydrogens is 236 g/mol. The molecule has 0 fully saturated rings. The Morgan fingerprint density at radius 2 is 2.00 bits per heavy atom. The van der Waals surface area contributed by atoms with Gasteiger partial charge in [0.05, 0.1) is 12.2 Å². The van der Waals surface area contributed by atoms with Gasteiger partial charge in [0.2, 0.25) is 0 Å². The number of nitrogens with two attached hydrogens (primary N) is 1. The van der Waals surface area contributed by atoms with E-state index >= 15 is 0 Å². The minimum atomic E-state index is -0.834. The van der Waals surface area contributed by atoms with Crippen LogP contribution in [0, 0.1) is 18.6 Å². The molecule has 2 rings (SSSR count). The fourth-order valence-electron chi connectivity index (χ4n) is 1.89. The third kappa shape index (κ3) is 2.26. The molecule has 0 atom stereocenters. The molecule has 5 heteroatoms. The summed E-state index contributed by atoms with van der Waals surface area (Å²) in [5, 5.41) is 0. The van der Waals surface area contributed by atoms with Crippen LogP contribution in [0.1, 0.15) is 22.8 Å². The molecule has 1 heterocycles. The Labute approximate surface area is 104 Å². The van der Waals surface area contributed by atoms with Crippen molar-refractivity contribution in [3.8, 4) is 0 Å². The van der Waals surface area contributed by atoms with Crippen LogP contribution in [-0.4, -0.2) is 9.55 Å². The number of rotatable bonds is 3. The first-order chi connectivity index (χ1) is 8.52. The van der Waals surface area contributed by atoms with Crippen LogP contribution in [0.15, 0.2) is 18.2 Å². The Hall–Kier alpha value is -1.75. The number of imidazole rings is 1. The maximum atomic E-state index is 13.1. The van der Waals surface area contributed by atoms with Crippen molar-refractivity contribution in [1.82, 2.24) is 9.55 Å². The molecule has 96 valence electrons. The van der Waals surface area contributed by atoms with E-state index in [0.29, 0.717) is 18.5 Å². The van der Waals surface area contributed by atoms with Crippen molar-refractivity contribution in [2.45, 2.75) is 19.9 Å². The number of benzene rings is 1. The van der Waals surface area contributed by atoms with Crippen molar-refractivity contribution in [3.05, 3.63) is 52.6 Å². The predicted octanol–water partition coefficient (Wildman–Crippen LogP) is 2.06. The molecule has 0 bridgehead atoms. The molecule has 2 aromatic rings. The lowest BCUT2D eigenvalue weighted by Crippen LogP contribution is -2.05. The highest BCUT2D eigenvalue weighted by molar-refractivity contribution is 5.26. The number of hydrogen-bond donors (Lipinski definition) is 1. The number of nitrogens with zero attached hydrogens (tertiary/aromatic N) is 2. The van der Waals surface area contributed by atoms with E-state index in [9.17, 15) is 8.78 Å². The van der Waals surface area contributed by atoms with Gasteiger partial charge in [-0.05, 0) is 24.6 Å². The summed E-state index contributed by atoms with van der Waals surface area (Å²) >= 11 is 0. The first-order valence-corrected chi connectivity index (χ1v) is 5.68. The molecule has 18 heavy (non-hydrogen) atoms. The fourth-order valence-corrected chi connectivity index (χ4v) is 1.89. The van der Waals surface area contributed by atoms with Gasteiger partial charge < -0.3 is 10.3 Å². The summed E-state index contributed by atoms with van der Waals surface area (Å²) in [5.41, 5.74) is 8.09. The summed E-state index contributed by atoms with van der Waals surface area (Å²) in [6, 6.07) is 3.90. The Balaban J connectivity index is 2.31. The van der Waals surface area contributed by atoms with Crippen LogP contribution in [0.25, 0.3) is 0 Å². The molecular formula is C13H15F2N3. The van der Waals surface area contributed by atoms with E-state index in [2.05, 4.69) is 4.98 Å². The molecule has 0 aliphatic carbocycles. The van der Waals surface area contributed by atoms with Crippen LogP contribution in [0.4, 0.5) is 8.78 Å². The zero-order valence-corrected chi connectivity index (χ0v) is 10.4. The lowest BCUT2D eigenvalue weighted by molar-refractivity contribution is 0.507. The van der Waals surface area contributed by atoms with Crippen LogP contribution in [-0.2, 0) is 20.0 Å². The summed E-state index contributed by atoms with van der Waals surface area (Å²) in [5.74, 6) is -0.885. The summed E-state index contributed by atoms with van der Waals surface area (Å²) in [4.78, 5) is 4.40. The molecule has 3 nitrogen and oxygen atoms in total. The predicted molar refractivity (Wildman–Crippen MR) is 65.0 cm³/mol. The second kappa shape index (κ2) is 4.86. The van der Waals surface area contributed by atoms with Crippen LogP contribution >= 0.6 is 0 Å². The first kappa shape index (κ1) is 12.7. The van der Waals surface area contributed by atoms with Gasteiger partial charge in [-0.3, -0.25) is 0 Å². The lowest BCUT2D eigenvalue weighted by Gasteiger charge is -2.02. The molecule has 0 aliphatic rings. The van der Waals surface area contributed by atoms with Crippen LogP contribution in [0.3, 0.4) is 0 Å². The SMILES string of the molecule is Cc1c(Cc2ccc(F)c(F)c2)nc(CN)n1C. The zero-order chi connectivity index (χ0) is 13.3. The molecule has 0 radical (unpaired) electrons. The summed E-state index contributed by atoms with van der Waals surface area (Å²) in [6.07, 6.45) is 0.469. The smallest absolute Gasteiger partial charge is 0.159 e. The van der Waals surface area contributed by atoms with Gasteiger partial charge in [0.25, 0.3) is 0 Å². The monoisotopic (exact) mass is 251 g/mol. The van der Waals surface area contributed by atoms with Crippen LogP contribution in [0.2, 0.25) is 0 Å². The Bertz CT molecular complexity index is 576. The van der Waals surface area contributed by atoms with E-state index in [4.69, 9.17) is 5.73 Å². The number of hydrogen-bond acceptors (Lipinski definition) is 2. The summed E-state index contributed by atoms with van der Waals surface area (Å²) in [7, 11) is 1.89. The highest BCUT2D eigenvalue weighted by atomic mass is 19.2. The maximum absolute atomic E-state index is 13.1. The van der Waals surface area contributed by atoms with Crippen molar-refractivity contribution in [1.29, 1.82) is 0 Å². The van der Waals surface area contributed by atoms with Crippen molar-refractivity contribution < 1.29 is 8.78 Å². The Kier molecular flexibility index (Phi) is 3.43. The van der Waals surface area contributed by atoms with Gasteiger partial charge in [0.15, 0.2) is 11.6 Å². The van der Waals surface area contributed by atoms with Gasteiger partial charge in [-0.15, -0.1) is 0 Å². The van der Waals surface area contributed by atoms with Crippen LogP contribution < -0.4 is 5.73 Å². The number of halogens is 2. The summed E-state index contributed by atoms with van der Waals surface area (Å²) < 4.78 is 27.9. The van der Waals surface area contributed by atoms with Crippen molar-refractivity contribution in [2.75, 3.05) is 0 Å². The second-order valence-electron chi connectivity index (χ2n) is 4.25. The van der Waals surface area contributed by atoms with Gasteiger partial charge in [0.1, 0.15) is 5.82 Å². The minimum Gasteiger partial charge on any atom is -0.334 e. The minimum absolute atomic E-state index is 0.356. The Morgan fingerprint density at radius 1 is 1.28 bits per heavy atom. The maximum Gasteiger partial charge on any atom is 0.159 e. The van der Waals surface area contributed by atoms with E-state index in [0.717, 1.165) is 23.3 Å². The van der Waals surface area contributed by atoms with Gasteiger partial charge in [-0.1, -0.05) is 6.07 Å². The van der Waals surface area contributed by atoms with E-state index in [1.54, 1.807) is 6.07 Å². The average Bonchev–Trinajstić information content (AvgIpc) is 2.62. The third-order valence-corrected chi connectivity index (χ3v) is 3.11. The zero-order valence-electron chi connectivity index (χ0n) is 10.4. The van der Waals surface area contributed by atoms with E-state index in [1.165, 1.54) is 6.07 Å². The van der Waals surface area contributed by atoms with Crippen molar-refractivity contribution in [3.63, 3.8) is 0 Å². The van der Waals surface area contributed by atoms with Crippen molar-refractivity contribution >= 4 is 0 Å². The fraction of sp³-hybridized carbons (Fsp3) is 0.308. The molecule has 0 unspecified atom stereocenters. The number of aromatic nitrogens is 2. The largest absolute Gasteiger partial charge is 0.334 e. The first-order valence-electron chi connectivity index (χ1n) is 5.68. The molecule has 0 amide bonds. The van der Waals surface area contributed by atoms with Crippen LogP contribution in [0.5, 0.6) is 0 Å². The van der Waals surface area contributed by atoms with E-state index in [1.807, 2.05) is 18.5 Å². The average molecular weight is 251 g/mol. The third-order valence-electron chi connectivity index (χ3n) is 3.11. The van der Waals surface area contributed by atoms with E-state index < -0.39 is 11.6 Å². The molecule has 0 aliphatic heterocycles. The molecule has 1 aromatic carbocycles. The molecule has 0 saturated carbocycles. The van der Waals surface area contributed by atoms with Gasteiger partial charge >= 0.3 is 0 Å². The topological polar surface area (TPSA) is 43.8 Å². The molecule has 0 saturated heterocycles.